The summed E-state index contributed by atoms with van der Waals surface area (Å²) in [6.45, 7) is 4.09. The predicted octanol–water partition coefficient (Wildman–Crippen LogP) is -1.54. The van der Waals surface area contributed by atoms with E-state index in [0.717, 1.165) is 0 Å². The van der Waals surface area contributed by atoms with Crippen molar-refractivity contribution < 1.29 is 33.7 Å². The van der Waals surface area contributed by atoms with Gasteiger partial charge >= 0.3 is 17.9 Å². The topological polar surface area (TPSA) is 177 Å². The summed E-state index contributed by atoms with van der Waals surface area (Å²) < 4.78 is 13.9. The zero-order valence-electron chi connectivity index (χ0n) is 13.2. The molecule has 3 atom stereocenters. The van der Waals surface area contributed by atoms with Gasteiger partial charge in [-0.3, -0.25) is 26.8 Å². The molecule has 10 nitrogen and oxygen atoms in total. The third-order valence-corrected chi connectivity index (χ3v) is 2.18. The third-order valence-electron chi connectivity index (χ3n) is 2.18. The van der Waals surface area contributed by atoms with Crippen molar-refractivity contribution in [1.29, 1.82) is 0 Å². The molecule has 0 heterocycles. The fourth-order valence-corrected chi connectivity index (χ4v) is 1.46. The van der Waals surface area contributed by atoms with E-state index < -0.39 is 55.0 Å². The van der Waals surface area contributed by atoms with Gasteiger partial charge < -0.3 is 19.3 Å². The Hall–Kier alpha value is -1.46. The van der Waals surface area contributed by atoms with E-state index in [0.29, 0.717) is 0 Å². The van der Waals surface area contributed by atoms with Crippen LogP contribution in [0.5, 0.6) is 0 Å². The zero-order valence-corrected chi connectivity index (χ0v) is 14.0. The zero-order chi connectivity index (χ0) is 17.5. The summed E-state index contributed by atoms with van der Waals surface area (Å²) in [5, 5.41) is 10.3. The average molecular weight is 358 g/mol. The van der Waals surface area contributed by atoms with Crippen LogP contribution >= 0.6 is 12.4 Å². The lowest BCUT2D eigenvalue weighted by molar-refractivity contribution is -0.182. The number of aliphatic hydroxyl groups is 1. The maximum absolute atomic E-state index is 11.9. The van der Waals surface area contributed by atoms with Crippen molar-refractivity contribution in [2.45, 2.75) is 57.9 Å². The molecule has 0 aromatic rings. The van der Waals surface area contributed by atoms with E-state index in [1.807, 2.05) is 0 Å². The van der Waals surface area contributed by atoms with Crippen LogP contribution in [0.15, 0.2) is 0 Å². The molecule has 23 heavy (non-hydrogen) atoms. The summed E-state index contributed by atoms with van der Waals surface area (Å²) in [6.07, 6.45) is -4.65. The van der Waals surface area contributed by atoms with Crippen LogP contribution in [-0.4, -0.2) is 47.3 Å². The molecule has 0 saturated carbocycles. The Labute approximate surface area is 140 Å². The fraction of sp³-hybridized carbons (Fsp3) is 0.750. The van der Waals surface area contributed by atoms with Crippen LogP contribution in [0.2, 0.25) is 0 Å². The summed E-state index contributed by atoms with van der Waals surface area (Å²) in [5.74, 6) is -3.24. The highest BCUT2D eigenvalue weighted by atomic mass is 35.5. The van der Waals surface area contributed by atoms with Gasteiger partial charge in [0.15, 0.2) is 5.60 Å². The first-order valence-electron chi connectivity index (χ1n) is 6.55. The number of ether oxygens (including phenoxy) is 3. The molecule has 11 heteroatoms. The highest BCUT2D eigenvalue weighted by Gasteiger charge is 2.44. The molecule has 0 aliphatic heterocycles. The van der Waals surface area contributed by atoms with Gasteiger partial charge in [-0.25, -0.2) is 4.79 Å². The summed E-state index contributed by atoms with van der Waals surface area (Å²) >= 11 is 0. The number of carbonyl (C=O) groups is 3. The molecule has 0 spiro atoms. The second kappa shape index (κ2) is 10.3. The van der Waals surface area contributed by atoms with E-state index in [1.165, 1.54) is 20.8 Å². The van der Waals surface area contributed by atoms with Gasteiger partial charge in [0, 0.05) is 0 Å². The van der Waals surface area contributed by atoms with E-state index in [4.69, 9.17) is 17.2 Å². The van der Waals surface area contributed by atoms with E-state index in [2.05, 4.69) is 14.2 Å². The molecule has 0 aromatic heterocycles. The molecular weight excluding hydrogens is 334 g/mol. The van der Waals surface area contributed by atoms with Gasteiger partial charge in [0.2, 0.25) is 0 Å². The predicted molar refractivity (Wildman–Crippen MR) is 80.7 cm³/mol. The molecule has 0 fully saturated rings. The quantitative estimate of drug-likeness (QED) is 0.226. The third kappa shape index (κ3) is 10.0. The molecule has 0 aliphatic rings. The maximum Gasteiger partial charge on any atom is 0.340 e. The lowest BCUT2D eigenvalue weighted by Crippen LogP contribution is -2.47. The SMILES string of the molecule is CC(N)OC(=O)CC(O)(CC(=O)OC(C)N)C(=O)OC(C)N.Cl. The lowest BCUT2D eigenvalue weighted by atomic mass is 9.95. The first-order valence-corrected chi connectivity index (χ1v) is 6.55. The first kappa shape index (κ1) is 23.8. The first-order chi connectivity index (χ1) is 9.96. The average Bonchev–Trinajstić information content (AvgIpc) is 2.24. The molecule has 0 aliphatic carbocycles. The Morgan fingerprint density at radius 1 is 0.870 bits per heavy atom. The van der Waals surface area contributed by atoms with Gasteiger partial charge in [0.25, 0.3) is 0 Å². The number of carbonyl (C=O) groups excluding carboxylic acids is 3. The fourth-order valence-electron chi connectivity index (χ4n) is 1.46. The molecule has 0 aromatic carbocycles. The van der Waals surface area contributed by atoms with Crippen LogP contribution in [0.1, 0.15) is 33.6 Å². The van der Waals surface area contributed by atoms with Crippen LogP contribution in [0.4, 0.5) is 0 Å². The van der Waals surface area contributed by atoms with E-state index >= 15 is 0 Å². The Morgan fingerprint density at radius 2 is 1.17 bits per heavy atom. The summed E-state index contributed by atoms with van der Waals surface area (Å²) in [7, 11) is 0. The van der Waals surface area contributed by atoms with Gasteiger partial charge in [0.05, 0.1) is 12.8 Å². The number of esters is 3. The van der Waals surface area contributed by atoms with Gasteiger partial charge in [-0.2, -0.15) is 0 Å². The minimum absolute atomic E-state index is 0. The van der Waals surface area contributed by atoms with Crippen LogP contribution in [-0.2, 0) is 28.6 Å². The molecule has 3 unspecified atom stereocenters. The molecule has 0 bridgehead atoms. The molecule has 0 rings (SSSR count). The Bertz CT molecular complexity index is 391. The van der Waals surface area contributed by atoms with Gasteiger partial charge in [-0.15, -0.1) is 12.4 Å². The molecule has 0 radical (unpaired) electrons. The van der Waals surface area contributed by atoms with Gasteiger partial charge in [-0.05, 0) is 20.8 Å². The number of nitrogens with two attached hydrogens (primary N) is 3. The molecule has 7 N–H and O–H groups in total. The number of halogens is 1. The Morgan fingerprint density at radius 3 is 1.43 bits per heavy atom. The van der Waals surface area contributed by atoms with E-state index in [-0.39, 0.29) is 12.4 Å². The van der Waals surface area contributed by atoms with Crippen molar-refractivity contribution in [3.63, 3.8) is 0 Å². The van der Waals surface area contributed by atoms with Gasteiger partial charge in [0.1, 0.15) is 18.7 Å². The number of hydrogen-bond acceptors (Lipinski definition) is 10. The van der Waals surface area contributed by atoms with Crippen molar-refractivity contribution in [1.82, 2.24) is 0 Å². The second-order valence-corrected chi connectivity index (χ2v) is 4.89. The van der Waals surface area contributed by atoms with Crippen molar-refractivity contribution in [2.75, 3.05) is 0 Å². The van der Waals surface area contributed by atoms with Gasteiger partial charge in [-0.1, -0.05) is 0 Å². The van der Waals surface area contributed by atoms with Crippen LogP contribution < -0.4 is 17.2 Å². The number of rotatable bonds is 8. The molecule has 136 valence electrons. The maximum atomic E-state index is 11.9. The van der Waals surface area contributed by atoms with Crippen molar-refractivity contribution in [2.24, 2.45) is 17.2 Å². The second-order valence-electron chi connectivity index (χ2n) is 4.89. The highest BCUT2D eigenvalue weighted by Crippen LogP contribution is 2.20. The van der Waals surface area contributed by atoms with Crippen molar-refractivity contribution in [3.05, 3.63) is 0 Å². The summed E-state index contributed by atoms with van der Waals surface area (Å²) in [6, 6.07) is 0. The van der Waals surface area contributed by atoms with Crippen LogP contribution in [0, 0.1) is 0 Å². The van der Waals surface area contributed by atoms with E-state index in [9.17, 15) is 19.5 Å². The van der Waals surface area contributed by atoms with Crippen LogP contribution in [0.25, 0.3) is 0 Å². The minimum Gasteiger partial charge on any atom is -0.447 e. The standard InChI is InChI=1S/C12H23N3O7.ClH/c1-6(13)20-9(16)4-12(19,11(18)22-8(3)15)5-10(17)21-7(2)14;/h6-8,19H,4-5,13-15H2,1-3H3;1H. The van der Waals surface area contributed by atoms with E-state index in [1.54, 1.807) is 0 Å². The Kier molecular flexibility index (Phi) is 10.7. The van der Waals surface area contributed by atoms with Crippen molar-refractivity contribution in [3.8, 4) is 0 Å². The largest absolute Gasteiger partial charge is 0.447 e. The molecule has 0 amide bonds. The molecular formula is C12H24ClN3O7. The summed E-state index contributed by atoms with van der Waals surface area (Å²) in [4.78, 5) is 35.1. The highest BCUT2D eigenvalue weighted by molar-refractivity contribution is 5.90. The normalized spacial score (nSPS) is 16.8. The molecule has 0 saturated heterocycles. The lowest BCUT2D eigenvalue weighted by Gasteiger charge is -2.25. The van der Waals surface area contributed by atoms with Crippen LogP contribution in [0.3, 0.4) is 0 Å². The Balaban J connectivity index is 0. The minimum atomic E-state index is -2.49. The smallest absolute Gasteiger partial charge is 0.340 e. The number of hydrogen-bond donors (Lipinski definition) is 4. The van der Waals surface area contributed by atoms with Crippen molar-refractivity contribution >= 4 is 30.3 Å². The monoisotopic (exact) mass is 357 g/mol. The summed E-state index contributed by atoms with van der Waals surface area (Å²) in [5.41, 5.74) is 13.3.